The quantitative estimate of drug-likeness (QED) is 0.755. The van der Waals surface area contributed by atoms with E-state index in [1.54, 1.807) is 0 Å². The van der Waals surface area contributed by atoms with Gasteiger partial charge in [-0.1, -0.05) is 20.8 Å². The summed E-state index contributed by atoms with van der Waals surface area (Å²) in [5.74, 6) is 1.81. The molecule has 0 N–H and O–H groups in total. The Balaban J connectivity index is 1.96. The fourth-order valence-electron chi connectivity index (χ4n) is 3.39. The zero-order valence-electron chi connectivity index (χ0n) is 16.7. The molecule has 1 aliphatic rings. The van der Waals surface area contributed by atoms with Crippen LogP contribution in [0.4, 0.5) is 5.95 Å². The van der Waals surface area contributed by atoms with Crippen molar-refractivity contribution in [2.45, 2.75) is 65.4 Å². The summed E-state index contributed by atoms with van der Waals surface area (Å²) < 4.78 is 6.04. The van der Waals surface area contributed by atoms with Crippen LogP contribution in [0.3, 0.4) is 0 Å². The van der Waals surface area contributed by atoms with E-state index in [0.29, 0.717) is 0 Å². The van der Waals surface area contributed by atoms with Gasteiger partial charge in [0.1, 0.15) is 5.75 Å². The average molecular weight is 354 g/mol. The Morgan fingerprint density at radius 3 is 2.42 bits per heavy atom. The number of piperidine rings is 1. The summed E-state index contributed by atoms with van der Waals surface area (Å²) in [7, 11) is 0. The summed E-state index contributed by atoms with van der Waals surface area (Å²) in [5.41, 5.74) is 3.30. The molecule has 2 heterocycles. The molecular formula is C22H31N3O. The minimum atomic E-state index is 0.00294. The molecule has 3 rings (SSSR count). The van der Waals surface area contributed by atoms with Gasteiger partial charge in [0, 0.05) is 30.4 Å². The van der Waals surface area contributed by atoms with Crippen molar-refractivity contribution in [3.8, 4) is 17.0 Å². The third kappa shape index (κ3) is 4.35. The fraction of sp³-hybridized carbons (Fsp3) is 0.545. The SMILES string of the molecule is CC(C)Oc1ccc(-c2ccnc(N3CCCCC3)n2)cc1C(C)(C)C. The van der Waals surface area contributed by atoms with Crippen LogP contribution in [0.15, 0.2) is 30.5 Å². The molecule has 1 aliphatic heterocycles. The molecular weight excluding hydrogens is 322 g/mol. The second kappa shape index (κ2) is 7.65. The minimum Gasteiger partial charge on any atom is -0.491 e. The maximum atomic E-state index is 6.04. The Hall–Kier alpha value is -2.10. The largest absolute Gasteiger partial charge is 0.491 e. The van der Waals surface area contributed by atoms with Crippen molar-refractivity contribution in [3.63, 3.8) is 0 Å². The lowest BCUT2D eigenvalue weighted by molar-refractivity contribution is 0.236. The van der Waals surface area contributed by atoms with Crippen LogP contribution < -0.4 is 9.64 Å². The van der Waals surface area contributed by atoms with Crippen LogP contribution in [0.25, 0.3) is 11.3 Å². The summed E-state index contributed by atoms with van der Waals surface area (Å²) >= 11 is 0. The highest BCUT2D eigenvalue weighted by molar-refractivity contribution is 5.64. The summed E-state index contributed by atoms with van der Waals surface area (Å²) in [4.78, 5) is 11.7. The highest BCUT2D eigenvalue weighted by Crippen LogP contribution is 2.35. The first-order valence-corrected chi connectivity index (χ1v) is 9.74. The molecule has 26 heavy (non-hydrogen) atoms. The van der Waals surface area contributed by atoms with E-state index in [9.17, 15) is 0 Å². The molecule has 0 saturated carbocycles. The number of hydrogen-bond donors (Lipinski definition) is 0. The first-order valence-electron chi connectivity index (χ1n) is 9.74. The molecule has 1 aromatic heterocycles. The van der Waals surface area contributed by atoms with E-state index in [0.717, 1.165) is 36.0 Å². The van der Waals surface area contributed by atoms with Crippen molar-refractivity contribution in [2.75, 3.05) is 18.0 Å². The van der Waals surface area contributed by atoms with E-state index in [2.05, 4.69) is 62.7 Å². The second-order valence-electron chi connectivity index (χ2n) is 8.42. The summed E-state index contributed by atoms with van der Waals surface area (Å²) in [6.45, 7) is 12.9. The number of nitrogens with zero attached hydrogens (tertiary/aromatic N) is 3. The highest BCUT2D eigenvalue weighted by Gasteiger charge is 2.21. The van der Waals surface area contributed by atoms with E-state index in [1.165, 1.54) is 24.8 Å². The third-order valence-electron chi connectivity index (χ3n) is 4.73. The van der Waals surface area contributed by atoms with E-state index < -0.39 is 0 Å². The topological polar surface area (TPSA) is 38.2 Å². The van der Waals surface area contributed by atoms with Crippen molar-refractivity contribution in [2.24, 2.45) is 0 Å². The Kier molecular flexibility index (Phi) is 5.49. The van der Waals surface area contributed by atoms with Crippen molar-refractivity contribution in [1.82, 2.24) is 9.97 Å². The van der Waals surface area contributed by atoms with Crippen LogP contribution in [-0.4, -0.2) is 29.2 Å². The minimum absolute atomic E-state index is 0.00294. The molecule has 140 valence electrons. The summed E-state index contributed by atoms with van der Waals surface area (Å²) in [5, 5.41) is 0. The number of aromatic nitrogens is 2. The normalized spacial score (nSPS) is 15.4. The van der Waals surface area contributed by atoms with Gasteiger partial charge in [-0.05, 0) is 62.8 Å². The zero-order valence-corrected chi connectivity index (χ0v) is 16.7. The molecule has 0 radical (unpaired) electrons. The van der Waals surface area contributed by atoms with Crippen molar-refractivity contribution in [1.29, 1.82) is 0 Å². The number of anilines is 1. The molecule has 1 fully saturated rings. The molecule has 0 spiro atoms. The van der Waals surface area contributed by atoms with Gasteiger partial charge >= 0.3 is 0 Å². The Morgan fingerprint density at radius 1 is 1.04 bits per heavy atom. The van der Waals surface area contributed by atoms with E-state index in [4.69, 9.17) is 9.72 Å². The molecule has 0 unspecified atom stereocenters. The monoisotopic (exact) mass is 353 g/mol. The predicted molar refractivity (Wildman–Crippen MR) is 108 cm³/mol. The molecule has 1 aromatic carbocycles. The Bertz CT molecular complexity index is 743. The van der Waals surface area contributed by atoms with Gasteiger partial charge in [-0.2, -0.15) is 0 Å². The van der Waals surface area contributed by atoms with Crippen LogP contribution in [-0.2, 0) is 5.41 Å². The standard InChI is InChI=1S/C22H31N3O/c1-16(2)26-20-10-9-17(15-18(20)22(3,4)5)19-11-12-23-21(24-19)25-13-7-6-8-14-25/h9-12,15-16H,6-8,13-14H2,1-5H3. The predicted octanol–water partition coefficient (Wildman–Crippen LogP) is 5.22. The van der Waals surface area contributed by atoms with Gasteiger partial charge in [-0.15, -0.1) is 0 Å². The third-order valence-corrected chi connectivity index (χ3v) is 4.73. The first kappa shape index (κ1) is 18.7. The van der Waals surface area contributed by atoms with Crippen LogP contribution in [0.5, 0.6) is 5.75 Å². The maximum Gasteiger partial charge on any atom is 0.225 e. The highest BCUT2D eigenvalue weighted by atomic mass is 16.5. The number of benzene rings is 1. The van der Waals surface area contributed by atoms with Gasteiger partial charge in [0.05, 0.1) is 11.8 Å². The molecule has 0 amide bonds. The number of rotatable bonds is 4. The maximum absolute atomic E-state index is 6.04. The smallest absolute Gasteiger partial charge is 0.225 e. The zero-order chi connectivity index (χ0) is 18.7. The molecule has 1 saturated heterocycles. The fourth-order valence-corrected chi connectivity index (χ4v) is 3.39. The average Bonchev–Trinajstić information content (AvgIpc) is 2.61. The van der Waals surface area contributed by atoms with Gasteiger partial charge < -0.3 is 9.64 Å². The summed E-state index contributed by atoms with van der Waals surface area (Å²) in [6.07, 6.45) is 5.79. The molecule has 4 nitrogen and oxygen atoms in total. The van der Waals surface area contributed by atoms with E-state index >= 15 is 0 Å². The Labute approximate surface area is 157 Å². The lowest BCUT2D eigenvalue weighted by Crippen LogP contribution is -2.30. The second-order valence-corrected chi connectivity index (χ2v) is 8.42. The van der Waals surface area contributed by atoms with Gasteiger partial charge in [-0.3, -0.25) is 0 Å². The van der Waals surface area contributed by atoms with Gasteiger partial charge in [0.2, 0.25) is 5.95 Å². The van der Waals surface area contributed by atoms with Crippen molar-refractivity contribution >= 4 is 5.95 Å². The van der Waals surface area contributed by atoms with Crippen LogP contribution in [0.2, 0.25) is 0 Å². The summed E-state index contributed by atoms with van der Waals surface area (Å²) in [6, 6.07) is 8.41. The molecule has 0 bridgehead atoms. The first-order chi connectivity index (χ1) is 12.3. The van der Waals surface area contributed by atoms with Crippen LogP contribution in [0, 0.1) is 0 Å². The number of ether oxygens (including phenoxy) is 1. The molecule has 2 aromatic rings. The van der Waals surface area contributed by atoms with Crippen LogP contribution >= 0.6 is 0 Å². The van der Waals surface area contributed by atoms with Crippen molar-refractivity contribution in [3.05, 3.63) is 36.0 Å². The lowest BCUT2D eigenvalue weighted by Gasteiger charge is -2.27. The van der Waals surface area contributed by atoms with Gasteiger partial charge in [0.25, 0.3) is 0 Å². The molecule has 0 atom stereocenters. The Morgan fingerprint density at radius 2 is 1.77 bits per heavy atom. The lowest BCUT2D eigenvalue weighted by atomic mass is 9.85. The molecule has 4 heteroatoms. The van der Waals surface area contributed by atoms with Crippen LogP contribution in [0.1, 0.15) is 59.4 Å². The van der Waals surface area contributed by atoms with E-state index in [-0.39, 0.29) is 11.5 Å². The van der Waals surface area contributed by atoms with Gasteiger partial charge in [0.15, 0.2) is 0 Å². The van der Waals surface area contributed by atoms with Gasteiger partial charge in [-0.25, -0.2) is 9.97 Å². The molecule has 0 aliphatic carbocycles. The van der Waals surface area contributed by atoms with Crippen molar-refractivity contribution < 1.29 is 4.74 Å². The van der Waals surface area contributed by atoms with E-state index in [1.807, 2.05) is 12.3 Å². The number of hydrogen-bond acceptors (Lipinski definition) is 4.